The molecule has 1 aromatic carbocycles. The number of ether oxygens (including phenoxy) is 1. The number of halogens is 1. The van der Waals surface area contributed by atoms with Gasteiger partial charge in [-0.15, -0.1) is 11.3 Å². The van der Waals surface area contributed by atoms with Gasteiger partial charge in [0, 0.05) is 19.6 Å². The lowest BCUT2D eigenvalue weighted by atomic mass is 10.1. The molecule has 0 saturated carbocycles. The highest BCUT2D eigenvalue weighted by Crippen LogP contribution is 2.24. The summed E-state index contributed by atoms with van der Waals surface area (Å²) in [5, 5.41) is 2.81. The van der Waals surface area contributed by atoms with Crippen LogP contribution in [0.15, 0.2) is 23.7 Å². The van der Waals surface area contributed by atoms with E-state index in [0.717, 1.165) is 5.56 Å². The second-order valence-electron chi connectivity index (χ2n) is 6.40. The summed E-state index contributed by atoms with van der Waals surface area (Å²) in [6.07, 6.45) is 0.148. The van der Waals surface area contributed by atoms with Crippen molar-refractivity contribution in [2.24, 2.45) is 0 Å². The van der Waals surface area contributed by atoms with Gasteiger partial charge in [-0.05, 0) is 38.5 Å². The van der Waals surface area contributed by atoms with E-state index in [1.807, 2.05) is 24.8 Å². The molecule has 0 radical (unpaired) electrons. The largest absolute Gasteiger partial charge is 0.372 e. The summed E-state index contributed by atoms with van der Waals surface area (Å²) in [5.74, 6) is -0.456. The van der Waals surface area contributed by atoms with Crippen LogP contribution in [0.25, 0.3) is 0 Å². The van der Waals surface area contributed by atoms with Crippen molar-refractivity contribution in [1.29, 1.82) is 0 Å². The number of nitrogens with one attached hydrogen (secondary N) is 1. The molecule has 1 fully saturated rings. The number of morpholine rings is 1. The Bertz CT molecular complexity index is 755. The van der Waals surface area contributed by atoms with Gasteiger partial charge in [0.15, 0.2) is 0 Å². The third-order valence-corrected chi connectivity index (χ3v) is 5.10. The fraction of sp³-hybridized carbons (Fsp3) is 0.444. The van der Waals surface area contributed by atoms with Crippen LogP contribution in [0.4, 0.5) is 10.1 Å². The highest BCUT2D eigenvalue weighted by atomic mass is 32.1. The molecule has 1 aromatic heterocycles. The molecule has 3 rings (SSSR count). The number of rotatable bonds is 4. The van der Waals surface area contributed by atoms with Crippen LogP contribution in [-0.2, 0) is 11.3 Å². The summed E-state index contributed by atoms with van der Waals surface area (Å²) in [6, 6.07) is 5.11. The molecule has 2 heterocycles. The van der Waals surface area contributed by atoms with Crippen molar-refractivity contribution in [1.82, 2.24) is 10.3 Å². The zero-order chi connectivity index (χ0) is 18.0. The van der Waals surface area contributed by atoms with Crippen molar-refractivity contribution in [3.63, 3.8) is 0 Å². The van der Waals surface area contributed by atoms with Crippen LogP contribution < -0.4 is 10.2 Å². The summed E-state index contributed by atoms with van der Waals surface area (Å²) in [6.45, 7) is 7.40. The van der Waals surface area contributed by atoms with Gasteiger partial charge >= 0.3 is 0 Å². The van der Waals surface area contributed by atoms with Gasteiger partial charge in [0.25, 0.3) is 5.91 Å². The topological polar surface area (TPSA) is 54.5 Å². The molecule has 1 aliphatic rings. The number of benzene rings is 1. The third-order valence-electron chi connectivity index (χ3n) is 4.18. The number of aryl methyl sites for hydroxylation is 1. The number of amides is 1. The molecule has 0 unspecified atom stereocenters. The Kier molecular flexibility index (Phi) is 5.34. The van der Waals surface area contributed by atoms with Gasteiger partial charge in [0.2, 0.25) is 0 Å². The molecule has 1 N–H and O–H groups in total. The monoisotopic (exact) mass is 363 g/mol. The van der Waals surface area contributed by atoms with Gasteiger partial charge < -0.3 is 15.0 Å². The van der Waals surface area contributed by atoms with Crippen LogP contribution in [0.1, 0.15) is 34.8 Å². The summed E-state index contributed by atoms with van der Waals surface area (Å²) in [5.41, 5.74) is 3.66. The lowest BCUT2D eigenvalue weighted by molar-refractivity contribution is -0.00539. The van der Waals surface area contributed by atoms with Crippen LogP contribution in [0.3, 0.4) is 0 Å². The molecule has 0 bridgehead atoms. The van der Waals surface area contributed by atoms with Gasteiger partial charge in [0.05, 0.1) is 29.1 Å². The highest BCUT2D eigenvalue weighted by molar-refractivity contribution is 7.11. The van der Waals surface area contributed by atoms with E-state index < -0.39 is 0 Å². The van der Waals surface area contributed by atoms with Crippen LogP contribution in [0, 0.1) is 12.7 Å². The maximum Gasteiger partial charge on any atom is 0.263 e. The summed E-state index contributed by atoms with van der Waals surface area (Å²) >= 11 is 1.30. The molecule has 2 atom stereocenters. The van der Waals surface area contributed by atoms with Crippen molar-refractivity contribution in [2.45, 2.75) is 39.5 Å². The molecule has 0 spiro atoms. The second kappa shape index (κ2) is 7.49. The zero-order valence-electron chi connectivity index (χ0n) is 14.6. The number of carbonyl (C=O) groups excluding carboxylic acids is 1. The van der Waals surface area contributed by atoms with Gasteiger partial charge in [0.1, 0.15) is 10.7 Å². The summed E-state index contributed by atoms with van der Waals surface area (Å²) in [7, 11) is 0. The molecule has 1 saturated heterocycles. The Labute approximate surface area is 150 Å². The molecule has 7 heteroatoms. The maximum absolute atomic E-state index is 14.5. The normalized spacial score (nSPS) is 20.6. The van der Waals surface area contributed by atoms with Crippen LogP contribution in [-0.4, -0.2) is 36.2 Å². The SMILES string of the molecule is Cc1ncsc1C(=O)NCc1ccc(N2C[C@@H](C)O[C@@H](C)C2)c(F)c1. The van der Waals surface area contributed by atoms with Gasteiger partial charge in [-0.25, -0.2) is 9.37 Å². The van der Waals surface area contributed by atoms with Crippen molar-refractivity contribution in [2.75, 3.05) is 18.0 Å². The fourth-order valence-electron chi connectivity index (χ4n) is 3.07. The van der Waals surface area contributed by atoms with E-state index in [0.29, 0.717) is 29.3 Å². The molecule has 2 aromatic rings. The Balaban J connectivity index is 1.66. The molecule has 5 nitrogen and oxygen atoms in total. The first-order valence-corrected chi connectivity index (χ1v) is 9.19. The average molecular weight is 363 g/mol. The minimum atomic E-state index is -0.276. The average Bonchev–Trinajstić information content (AvgIpc) is 2.98. The van der Waals surface area contributed by atoms with E-state index >= 15 is 0 Å². The molecule has 1 amide bonds. The summed E-state index contributed by atoms with van der Waals surface area (Å²) < 4.78 is 20.2. The molecule has 0 aliphatic carbocycles. The smallest absolute Gasteiger partial charge is 0.263 e. The predicted molar refractivity (Wildman–Crippen MR) is 96.6 cm³/mol. The van der Waals surface area contributed by atoms with E-state index in [4.69, 9.17) is 4.74 Å². The quantitative estimate of drug-likeness (QED) is 0.907. The van der Waals surface area contributed by atoms with E-state index in [1.165, 1.54) is 17.4 Å². The Hall–Kier alpha value is -1.99. The third kappa shape index (κ3) is 4.16. The fourth-order valence-corrected chi connectivity index (χ4v) is 3.79. The maximum atomic E-state index is 14.5. The molecule has 1 aliphatic heterocycles. The Morgan fingerprint density at radius 2 is 2.12 bits per heavy atom. The minimum absolute atomic E-state index is 0.0739. The number of anilines is 1. The minimum Gasteiger partial charge on any atom is -0.372 e. The number of thiazole rings is 1. The molecular weight excluding hydrogens is 341 g/mol. The number of carbonyl (C=O) groups is 1. The van der Waals surface area contributed by atoms with E-state index in [1.54, 1.807) is 18.5 Å². The van der Waals surface area contributed by atoms with Crippen molar-refractivity contribution < 1.29 is 13.9 Å². The standard InChI is InChI=1S/C18H22FN3O2S/c1-11-8-22(9-12(2)24-11)16-5-4-14(6-15(16)19)7-20-18(23)17-13(3)21-10-25-17/h4-6,10-12H,7-9H2,1-3H3,(H,20,23)/t11-,12+. The number of hydrogen-bond acceptors (Lipinski definition) is 5. The molecular formula is C18H22FN3O2S. The lowest BCUT2D eigenvalue weighted by Crippen LogP contribution is -2.45. The lowest BCUT2D eigenvalue weighted by Gasteiger charge is -2.37. The first-order valence-electron chi connectivity index (χ1n) is 8.31. The number of nitrogens with zero attached hydrogens (tertiary/aromatic N) is 2. The first kappa shape index (κ1) is 17.8. The van der Waals surface area contributed by atoms with Gasteiger partial charge in [-0.1, -0.05) is 6.07 Å². The van der Waals surface area contributed by atoms with E-state index in [2.05, 4.69) is 10.3 Å². The zero-order valence-corrected chi connectivity index (χ0v) is 15.4. The van der Waals surface area contributed by atoms with Crippen LogP contribution in [0.2, 0.25) is 0 Å². The molecule has 134 valence electrons. The van der Waals surface area contributed by atoms with Crippen molar-refractivity contribution in [3.05, 3.63) is 45.7 Å². The predicted octanol–water partition coefficient (Wildman–Crippen LogP) is 3.13. The molecule has 25 heavy (non-hydrogen) atoms. The first-order chi connectivity index (χ1) is 11.9. The Morgan fingerprint density at radius 1 is 1.40 bits per heavy atom. The summed E-state index contributed by atoms with van der Waals surface area (Å²) in [4.78, 5) is 18.8. The van der Waals surface area contributed by atoms with Gasteiger partial charge in [-0.3, -0.25) is 4.79 Å². The van der Waals surface area contributed by atoms with E-state index in [-0.39, 0.29) is 30.5 Å². The highest BCUT2D eigenvalue weighted by Gasteiger charge is 2.24. The Morgan fingerprint density at radius 3 is 2.72 bits per heavy atom. The number of hydrogen-bond donors (Lipinski definition) is 1. The van der Waals surface area contributed by atoms with Crippen molar-refractivity contribution in [3.8, 4) is 0 Å². The van der Waals surface area contributed by atoms with Crippen LogP contribution >= 0.6 is 11.3 Å². The van der Waals surface area contributed by atoms with Gasteiger partial charge in [-0.2, -0.15) is 0 Å². The number of aromatic nitrogens is 1. The van der Waals surface area contributed by atoms with Crippen LogP contribution in [0.5, 0.6) is 0 Å². The second-order valence-corrected chi connectivity index (χ2v) is 7.25. The van der Waals surface area contributed by atoms with E-state index in [9.17, 15) is 9.18 Å². The van der Waals surface area contributed by atoms with Crippen molar-refractivity contribution >= 4 is 22.9 Å².